The van der Waals surface area contributed by atoms with Crippen molar-refractivity contribution in [2.24, 2.45) is 5.41 Å². The van der Waals surface area contributed by atoms with E-state index in [0.29, 0.717) is 25.9 Å². The van der Waals surface area contributed by atoms with Crippen LogP contribution in [0.4, 0.5) is 13.2 Å². The van der Waals surface area contributed by atoms with Crippen LogP contribution in [0.3, 0.4) is 0 Å². The minimum absolute atomic E-state index is 0.0715. The molecule has 2 aromatic heterocycles. The predicted molar refractivity (Wildman–Crippen MR) is 102 cm³/mol. The van der Waals surface area contributed by atoms with Crippen LogP contribution in [0.1, 0.15) is 34.0 Å². The Kier molecular flexibility index (Phi) is 6.47. The summed E-state index contributed by atoms with van der Waals surface area (Å²) in [6.07, 6.45) is -4.82. The number of aryl methyl sites for hydroxylation is 2. The van der Waals surface area contributed by atoms with Gasteiger partial charge in [-0.05, 0) is 32.8 Å². The first-order valence-electron chi connectivity index (χ1n) is 9.24. The molecule has 0 spiro atoms. The summed E-state index contributed by atoms with van der Waals surface area (Å²) in [5, 5.41) is 24.4. The molecule has 10 heteroatoms. The Labute approximate surface area is 170 Å². The molecule has 2 aromatic rings. The van der Waals surface area contributed by atoms with Crippen LogP contribution in [0.5, 0.6) is 5.88 Å². The number of hydrogen-bond donors (Lipinski definition) is 3. The second-order valence-electron chi connectivity index (χ2n) is 7.56. The summed E-state index contributed by atoms with van der Waals surface area (Å²) in [5.41, 5.74) is -0.439. The maximum absolute atomic E-state index is 12.7. The van der Waals surface area contributed by atoms with Gasteiger partial charge in [-0.25, -0.2) is 9.97 Å². The summed E-state index contributed by atoms with van der Waals surface area (Å²) in [4.78, 5) is 9.23. The standard InChI is InChI=1S/C19H24F3N3O3S/c1-11-16(29-12(2)25-11)8-23-9-18(5-14(26)15(27)6-18)10-28-17-4-3-13(7-24-17)19(20,21)22/h3-4,7,14-15,23,26-27H,5-6,8-10H2,1-2H3. The van der Waals surface area contributed by atoms with E-state index in [9.17, 15) is 23.4 Å². The van der Waals surface area contributed by atoms with Crippen LogP contribution >= 0.6 is 11.3 Å². The third-order valence-electron chi connectivity index (χ3n) is 5.10. The molecule has 3 rings (SSSR count). The van der Waals surface area contributed by atoms with Crippen molar-refractivity contribution < 1.29 is 28.1 Å². The third kappa shape index (κ3) is 5.44. The fourth-order valence-corrected chi connectivity index (χ4v) is 4.50. The largest absolute Gasteiger partial charge is 0.477 e. The second-order valence-corrected chi connectivity index (χ2v) is 8.85. The van der Waals surface area contributed by atoms with Gasteiger partial charge in [0.25, 0.3) is 0 Å². The lowest BCUT2D eigenvalue weighted by atomic mass is 9.86. The van der Waals surface area contributed by atoms with E-state index in [4.69, 9.17) is 4.74 Å². The Hall–Kier alpha value is -1.75. The fraction of sp³-hybridized carbons (Fsp3) is 0.579. The summed E-state index contributed by atoms with van der Waals surface area (Å²) in [7, 11) is 0. The summed E-state index contributed by atoms with van der Waals surface area (Å²) in [6.45, 7) is 5.07. The Balaban J connectivity index is 1.63. The molecule has 29 heavy (non-hydrogen) atoms. The van der Waals surface area contributed by atoms with Gasteiger partial charge in [0.1, 0.15) is 0 Å². The van der Waals surface area contributed by atoms with E-state index >= 15 is 0 Å². The number of hydrogen-bond acceptors (Lipinski definition) is 7. The highest BCUT2D eigenvalue weighted by atomic mass is 32.1. The molecule has 0 bridgehead atoms. The fourth-order valence-electron chi connectivity index (χ4n) is 3.60. The molecule has 2 unspecified atom stereocenters. The molecule has 1 aliphatic rings. The zero-order valence-corrected chi connectivity index (χ0v) is 17.0. The van der Waals surface area contributed by atoms with E-state index in [1.807, 2.05) is 13.8 Å². The lowest BCUT2D eigenvalue weighted by molar-refractivity contribution is -0.137. The summed E-state index contributed by atoms with van der Waals surface area (Å²) in [6, 6.07) is 2.09. The van der Waals surface area contributed by atoms with Crippen molar-refractivity contribution in [3.63, 3.8) is 0 Å². The third-order valence-corrected chi connectivity index (χ3v) is 6.18. The van der Waals surface area contributed by atoms with Crippen LogP contribution in [-0.4, -0.2) is 45.5 Å². The van der Waals surface area contributed by atoms with E-state index in [2.05, 4.69) is 15.3 Å². The molecule has 1 fully saturated rings. The van der Waals surface area contributed by atoms with E-state index in [1.165, 1.54) is 6.07 Å². The van der Waals surface area contributed by atoms with Crippen molar-refractivity contribution in [1.82, 2.24) is 15.3 Å². The smallest absolute Gasteiger partial charge is 0.417 e. The normalized spacial score (nSPS) is 24.8. The molecule has 0 amide bonds. The Bertz CT molecular complexity index is 816. The maximum Gasteiger partial charge on any atom is 0.417 e. The molecule has 1 aliphatic carbocycles. The summed E-state index contributed by atoms with van der Waals surface area (Å²) in [5.74, 6) is 0.0715. The number of pyridine rings is 1. The topological polar surface area (TPSA) is 87.5 Å². The van der Waals surface area contributed by atoms with Gasteiger partial charge in [-0.1, -0.05) is 0 Å². The minimum atomic E-state index is -4.45. The number of thiazole rings is 1. The van der Waals surface area contributed by atoms with Gasteiger partial charge in [0, 0.05) is 35.6 Å². The summed E-state index contributed by atoms with van der Waals surface area (Å²) < 4.78 is 43.6. The van der Waals surface area contributed by atoms with Crippen LogP contribution in [0, 0.1) is 19.3 Å². The van der Waals surface area contributed by atoms with Crippen LogP contribution in [-0.2, 0) is 12.7 Å². The molecular formula is C19H24F3N3O3S. The van der Waals surface area contributed by atoms with Crippen molar-refractivity contribution in [2.45, 2.75) is 51.6 Å². The van der Waals surface area contributed by atoms with Gasteiger partial charge in [0.15, 0.2) is 0 Å². The van der Waals surface area contributed by atoms with Crippen LogP contribution in [0.15, 0.2) is 18.3 Å². The van der Waals surface area contributed by atoms with Gasteiger partial charge in [0.05, 0.1) is 35.1 Å². The van der Waals surface area contributed by atoms with Crippen molar-refractivity contribution in [3.8, 4) is 5.88 Å². The summed E-state index contributed by atoms with van der Waals surface area (Å²) >= 11 is 1.60. The quantitative estimate of drug-likeness (QED) is 0.625. The zero-order valence-electron chi connectivity index (χ0n) is 16.2. The Morgan fingerprint density at radius 2 is 1.93 bits per heavy atom. The lowest BCUT2D eigenvalue weighted by Gasteiger charge is -2.29. The Morgan fingerprint density at radius 3 is 2.45 bits per heavy atom. The number of ether oxygens (including phenoxy) is 1. The predicted octanol–water partition coefficient (Wildman–Crippen LogP) is 2.84. The average Bonchev–Trinajstić information content (AvgIpc) is 3.11. The first kappa shape index (κ1) is 21.9. The van der Waals surface area contributed by atoms with Crippen LogP contribution < -0.4 is 10.1 Å². The molecule has 2 heterocycles. The van der Waals surface area contributed by atoms with Gasteiger partial charge in [0.2, 0.25) is 5.88 Å². The number of alkyl halides is 3. The van der Waals surface area contributed by atoms with Crippen LogP contribution in [0.2, 0.25) is 0 Å². The molecule has 2 atom stereocenters. The van der Waals surface area contributed by atoms with Crippen molar-refractivity contribution in [3.05, 3.63) is 39.5 Å². The van der Waals surface area contributed by atoms with E-state index in [-0.39, 0.29) is 12.5 Å². The molecule has 0 saturated heterocycles. The molecular weight excluding hydrogens is 407 g/mol. The van der Waals surface area contributed by atoms with E-state index in [0.717, 1.165) is 27.8 Å². The Morgan fingerprint density at radius 1 is 1.24 bits per heavy atom. The van der Waals surface area contributed by atoms with Gasteiger partial charge in [-0.2, -0.15) is 13.2 Å². The number of aromatic nitrogens is 2. The molecule has 6 nitrogen and oxygen atoms in total. The van der Waals surface area contributed by atoms with E-state index < -0.39 is 29.4 Å². The maximum atomic E-state index is 12.7. The van der Waals surface area contributed by atoms with Gasteiger partial charge in [-0.3, -0.25) is 0 Å². The van der Waals surface area contributed by atoms with Gasteiger partial charge >= 0.3 is 6.18 Å². The van der Waals surface area contributed by atoms with Gasteiger partial charge < -0.3 is 20.3 Å². The SMILES string of the molecule is Cc1nc(C)c(CNCC2(COc3ccc(C(F)(F)F)cn3)CC(O)C(O)C2)s1. The van der Waals surface area contributed by atoms with E-state index in [1.54, 1.807) is 11.3 Å². The number of rotatable bonds is 7. The molecule has 160 valence electrons. The highest BCUT2D eigenvalue weighted by Gasteiger charge is 2.44. The highest BCUT2D eigenvalue weighted by Crippen LogP contribution is 2.39. The number of nitrogens with one attached hydrogen (secondary N) is 1. The number of halogens is 3. The molecule has 0 aliphatic heterocycles. The number of aliphatic hydroxyl groups excluding tert-OH is 2. The van der Waals surface area contributed by atoms with Gasteiger partial charge in [-0.15, -0.1) is 11.3 Å². The first-order chi connectivity index (χ1) is 13.6. The molecule has 3 N–H and O–H groups in total. The van der Waals surface area contributed by atoms with Crippen molar-refractivity contribution in [1.29, 1.82) is 0 Å². The monoisotopic (exact) mass is 431 g/mol. The minimum Gasteiger partial charge on any atom is -0.477 e. The second kappa shape index (κ2) is 8.55. The zero-order chi connectivity index (χ0) is 21.2. The molecule has 1 saturated carbocycles. The van der Waals surface area contributed by atoms with Crippen LogP contribution in [0.25, 0.3) is 0 Å². The highest BCUT2D eigenvalue weighted by molar-refractivity contribution is 7.11. The average molecular weight is 431 g/mol. The first-order valence-corrected chi connectivity index (χ1v) is 10.1. The lowest BCUT2D eigenvalue weighted by Crippen LogP contribution is -2.38. The van der Waals surface area contributed by atoms with Crippen molar-refractivity contribution >= 4 is 11.3 Å². The van der Waals surface area contributed by atoms with Crippen molar-refractivity contribution in [2.75, 3.05) is 13.2 Å². The molecule has 0 radical (unpaired) electrons. The molecule has 0 aromatic carbocycles. The number of nitrogens with zero attached hydrogens (tertiary/aromatic N) is 2. The number of aliphatic hydroxyl groups is 2.